The van der Waals surface area contributed by atoms with Crippen LogP contribution in [0.5, 0.6) is 0 Å². The van der Waals surface area contributed by atoms with Gasteiger partial charge in [0.2, 0.25) is 0 Å². The molecule has 0 fully saturated rings. The van der Waals surface area contributed by atoms with E-state index in [0.717, 1.165) is 12.3 Å². The molecule has 2 aromatic heterocycles. The summed E-state index contributed by atoms with van der Waals surface area (Å²) in [6, 6.07) is 4.89. The van der Waals surface area contributed by atoms with E-state index in [1.165, 1.54) is 24.4 Å². The third-order valence-electron chi connectivity index (χ3n) is 2.66. The highest BCUT2D eigenvalue weighted by atomic mass is 32.2. The van der Waals surface area contributed by atoms with Crippen LogP contribution in [0, 0.1) is 5.82 Å². The molecule has 0 saturated carbocycles. The van der Waals surface area contributed by atoms with E-state index in [4.69, 9.17) is 4.42 Å². The zero-order valence-electron chi connectivity index (χ0n) is 10.3. The number of nitrogens with zero attached hydrogens (tertiary/aromatic N) is 1. The number of aromatic nitrogens is 2. The van der Waals surface area contributed by atoms with Crippen LogP contribution < -0.4 is 10.5 Å². The molecule has 0 bridgehead atoms. The smallest absolute Gasteiger partial charge is 0.408 e. The second kappa shape index (κ2) is 4.70. The van der Waals surface area contributed by atoms with Crippen LogP contribution in [0.25, 0.3) is 11.1 Å². The van der Waals surface area contributed by atoms with E-state index in [2.05, 4.69) is 14.7 Å². The first-order chi connectivity index (χ1) is 9.94. The first-order valence-corrected chi connectivity index (χ1v) is 7.19. The summed E-state index contributed by atoms with van der Waals surface area (Å²) in [6.45, 7) is 0. The molecule has 0 aliphatic rings. The predicted octanol–water partition coefficient (Wildman–Crippen LogP) is 1.46. The lowest BCUT2D eigenvalue weighted by atomic mass is 10.3. The summed E-state index contributed by atoms with van der Waals surface area (Å²) >= 11 is 0. The lowest BCUT2D eigenvalue weighted by Gasteiger charge is -2.07. The van der Waals surface area contributed by atoms with Crippen molar-refractivity contribution in [1.29, 1.82) is 0 Å². The minimum atomic E-state index is -3.94. The van der Waals surface area contributed by atoms with Crippen molar-refractivity contribution in [2.75, 3.05) is 4.72 Å². The molecule has 0 amide bonds. The maximum absolute atomic E-state index is 13.0. The number of anilines is 1. The van der Waals surface area contributed by atoms with Crippen molar-refractivity contribution in [1.82, 2.24) is 9.97 Å². The highest BCUT2D eigenvalue weighted by Crippen LogP contribution is 2.19. The molecule has 0 unspecified atom stereocenters. The van der Waals surface area contributed by atoms with E-state index < -0.39 is 21.6 Å². The standard InChI is InChI=1S/C12H8FN3O4S/c13-7-3-8(6-14-5-7)16-21(18,19)9-1-2-10-11(4-9)20-12(17)15-10/h1-6,16H,(H,15,17). The third kappa shape index (κ3) is 2.63. The van der Waals surface area contributed by atoms with Gasteiger partial charge in [-0.05, 0) is 12.1 Å². The van der Waals surface area contributed by atoms with E-state index in [-0.39, 0.29) is 16.2 Å². The van der Waals surface area contributed by atoms with Crippen LogP contribution in [0.4, 0.5) is 10.1 Å². The van der Waals surface area contributed by atoms with Crippen LogP contribution in [-0.2, 0) is 10.0 Å². The molecule has 3 aromatic rings. The molecule has 0 aliphatic heterocycles. The average Bonchev–Trinajstić information content (AvgIpc) is 2.77. The number of sulfonamides is 1. The Balaban J connectivity index is 2.01. The summed E-state index contributed by atoms with van der Waals surface area (Å²) in [6.07, 6.45) is 2.13. The first kappa shape index (κ1) is 13.3. The highest BCUT2D eigenvalue weighted by molar-refractivity contribution is 7.92. The van der Waals surface area contributed by atoms with Gasteiger partial charge in [-0.25, -0.2) is 17.6 Å². The summed E-state index contributed by atoms with van der Waals surface area (Å²) in [5.41, 5.74) is 0.484. The fourth-order valence-corrected chi connectivity index (χ4v) is 2.82. The number of halogens is 1. The van der Waals surface area contributed by atoms with Gasteiger partial charge in [-0.3, -0.25) is 14.7 Å². The fraction of sp³-hybridized carbons (Fsp3) is 0. The minimum absolute atomic E-state index is 0.00869. The number of nitrogens with one attached hydrogen (secondary N) is 2. The average molecular weight is 309 g/mol. The Labute approximate surface area is 117 Å². The summed E-state index contributed by atoms with van der Waals surface area (Å²) in [5.74, 6) is -1.34. The van der Waals surface area contributed by atoms with E-state index in [9.17, 15) is 17.6 Å². The molecule has 2 N–H and O–H groups in total. The Morgan fingerprint density at radius 3 is 2.81 bits per heavy atom. The lowest BCUT2D eigenvalue weighted by molar-refractivity contribution is 0.554. The Hall–Kier alpha value is -2.68. The van der Waals surface area contributed by atoms with E-state index in [1.54, 1.807) is 0 Å². The Kier molecular flexibility index (Phi) is 2.98. The number of hydrogen-bond acceptors (Lipinski definition) is 5. The number of benzene rings is 1. The molecule has 0 radical (unpaired) electrons. The van der Waals surface area contributed by atoms with Crippen molar-refractivity contribution in [2.24, 2.45) is 0 Å². The third-order valence-corrected chi connectivity index (χ3v) is 4.04. The molecule has 0 spiro atoms. The normalized spacial score (nSPS) is 11.7. The maximum Gasteiger partial charge on any atom is 0.417 e. The molecular weight excluding hydrogens is 301 g/mol. The number of pyridine rings is 1. The molecule has 3 rings (SSSR count). The molecule has 0 saturated heterocycles. The van der Waals surface area contributed by atoms with Crippen molar-refractivity contribution in [3.05, 3.63) is 53.0 Å². The monoisotopic (exact) mass is 309 g/mol. The highest BCUT2D eigenvalue weighted by Gasteiger charge is 2.16. The van der Waals surface area contributed by atoms with Crippen LogP contribution in [0.1, 0.15) is 0 Å². The van der Waals surface area contributed by atoms with Crippen molar-refractivity contribution < 1.29 is 17.2 Å². The van der Waals surface area contributed by atoms with Gasteiger partial charge >= 0.3 is 5.76 Å². The zero-order chi connectivity index (χ0) is 15.0. The van der Waals surface area contributed by atoms with E-state index >= 15 is 0 Å². The number of fused-ring (bicyclic) bond motifs is 1. The van der Waals surface area contributed by atoms with Crippen LogP contribution in [0.2, 0.25) is 0 Å². The molecule has 0 aliphatic carbocycles. The van der Waals surface area contributed by atoms with Gasteiger partial charge < -0.3 is 4.42 Å². The zero-order valence-corrected chi connectivity index (χ0v) is 11.1. The second-order valence-electron chi connectivity index (χ2n) is 4.17. The van der Waals surface area contributed by atoms with Crippen LogP contribution in [-0.4, -0.2) is 18.4 Å². The van der Waals surface area contributed by atoms with Crippen molar-refractivity contribution in [3.63, 3.8) is 0 Å². The van der Waals surface area contributed by atoms with Gasteiger partial charge in [-0.15, -0.1) is 0 Å². The van der Waals surface area contributed by atoms with Gasteiger partial charge in [0, 0.05) is 12.1 Å². The lowest BCUT2D eigenvalue weighted by Crippen LogP contribution is -2.13. The second-order valence-corrected chi connectivity index (χ2v) is 5.85. The van der Waals surface area contributed by atoms with Gasteiger partial charge in [0.05, 0.1) is 28.5 Å². The Bertz CT molecular complexity index is 977. The predicted molar refractivity (Wildman–Crippen MR) is 71.8 cm³/mol. The van der Waals surface area contributed by atoms with Gasteiger partial charge in [0.25, 0.3) is 10.0 Å². The topological polar surface area (TPSA) is 105 Å². The quantitative estimate of drug-likeness (QED) is 0.762. The number of oxazole rings is 1. The minimum Gasteiger partial charge on any atom is -0.408 e. The molecule has 7 nitrogen and oxygen atoms in total. The number of hydrogen-bond donors (Lipinski definition) is 2. The molecule has 0 atom stereocenters. The van der Waals surface area contributed by atoms with Crippen LogP contribution >= 0.6 is 0 Å². The molecule has 108 valence electrons. The summed E-state index contributed by atoms with van der Waals surface area (Å²) < 4.78 is 44.3. The summed E-state index contributed by atoms with van der Waals surface area (Å²) in [4.78, 5) is 16.9. The van der Waals surface area contributed by atoms with Crippen molar-refractivity contribution >= 4 is 26.8 Å². The van der Waals surface area contributed by atoms with Gasteiger partial charge in [0.15, 0.2) is 5.58 Å². The maximum atomic E-state index is 13.0. The first-order valence-electron chi connectivity index (χ1n) is 5.70. The Morgan fingerprint density at radius 1 is 1.24 bits per heavy atom. The van der Waals surface area contributed by atoms with Crippen molar-refractivity contribution in [3.8, 4) is 0 Å². The summed E-state index contributed by atoms with van der Waals surface area (Å²) in [5, 5.41) is 0. The van der Waals surface area contributed by atoms with Gasteiger partial charge in [-0.1, -0.05) is 0 Å². The molecule has 2 heterocycles. The summed E-state index contributed by atoms with van der Waals surface area (Å²) in [7, 11) is -3.94. The molecule has 1 aromatic carbocycles. The largest absolute Gasteiger partial charge is 0.417 e. The SMILES string of the molecule is O=c1[nH]c2ccc(S(=O)(=O)Nc3cncc(F)c3)cc2o1. The molecule has 21 heavy (non-hydrogen) atoms. The Morgan fingerprint density at radius 2 is 2.05 bits per heavy atom. The van der Waals surface area contributed by atoms with Gasteiger partial charge in [0.1, 0.15) is 5.82 Å². The van der Waals surface area contributed by atoms with Crippen LogP contribution in [0.3, 0.4) is 0 Å². The van der Waals surface area contributed by atoms with Crippen LogP contribution in [0.15, 0.2) is 50.8 Å². The number of rotatable bonds is 3. The van der Waals surface area contributed by atoms with E-state index in [0.29, 0.717) is 5.52 Å². The molecule has 9 heteroatoms. The number of aromatic amines is 1. The van der Waals surface area contributed by atoms with Crippen molar-refractivity contribution in [2.45, 2.75) is 4.90 Å². The molecular formula is C12H8FN3O4S. The fourth-order valence-electron chi connectivity index (χ4n) is 1.77. The number of H-pyrrole nitrogens is 1. The van der Waals surface area contributed by atoms with E-state index in [1.807, 2.05) is 0 Å². The van der Waals surface area contributed by atoms with Gasteiger partial charge in [-0.2, -0.15) is 0 Å².